The van der Waals surface area contributed by atoms with Crippen LogP contribution in [0.25, 0.3) is 33.0 Å². The monoisotopic (exact) mass is 797 g/mol. The van der Waals surface area contributed by atoms with Gasteiger partial charge < -0.3 is 4.90 Å². The maximum absolute atomic E-state index is 2.63. The van der Waals surface area contributed by atoms with Crippen LogP contribution in [0.4, 0.5) is 17.1 Å². The van der Waals surface area contributed by atoms with Gasteiger partial charge in [-0.05, 0) is 195 Å². The number of fused-ring (bicyclic) bond motifs is 4. The third-order valence-electron chi connectivity index (χ3n) is 16.2. The van der Waals surface area contributed by atoms with E-state index in [9.17, 15) is 0 Å². The van der Waals surface area contributed by atoms with Crippen LogP contribution in [-0.4, -0.2) is 0 Å². The fraction of sp³-hybridized carbons (Fsp3) is 0.310. The van der Waals surface area contributed by atoms with Crippen LogP contribution < -0.4 is 4.90 Å². The molecule has 1 nitrogen and oxygen atoms in total. The van der Waals surface area contributed by atoms with Crippen LogP contribution >= 0.6 is 11.8 Å². The van der Waals surface area contributed by atoms with Crippen molar-refractivity contribution >= 4 is 39.6 Å². The molecule has 13 rings (SSSR count). The summed E-state index contributed by atoms with van der Waals surface area (Å²) in [7, 11) is 0. The molecule has 4 bridgehead atoms. The molecule has 0 radical (unpaired) electrons. The Hall–Kier alpha value is -5.05. The first-order valence-corrected chi connectivity index (χ1v) is 23.5. The van der Waals surface area contributed by atoms with Gasteiger partial charge in [-0.1, -0.05) is 130 Å². The number of nitrogens with zero attached hydrogens (tertiary/aromatic N) is 1. The molecule has 0 atom stereocenters. The molecule has 0 N–H and O–H groups in total. The molecule has 0 saturated heterocycles. The lowest BCUT2D eigenvalue weighted by molar-refractivity contribution is -0.0443. The van der Waals surface area contributed by atoms with E-state index in [0.29, 0.717) is 0 Å². The molecule has 1 aliphatic heterocycles. The average molecular weight is 798 g/mol. The summed E-state index contributed by atoms with van der Waals surface area (Å²) in [6.07, 6.45) is 9.50. The molecule has 1 spiro atoms. The Morgan fingerprint density at radius 1 is 0.417 bits per heavy atom. The minimum Gasteiger partial charge on any atom is -0.310 e. The van der Waals surface area contributed by atoms with E-state index in [4.69, 9.17) is 0 Å². The van der Waals surface area contributed by atoms with Crippen LogP contribution in [0.1, 0.15) is 94.9 Å². The second-order valence-corrected chi connectivity index (χ2v) is 21.6. The van der Waals surface area contributed by atoms with Gasteiger partial charge in [0.15, 0.2) is 0 Å². The van der Waals surface area contributed by atoms with Crippen LogP contribution in [0.5, 0.6) is 0 Å². The number of hydrogen-bond donors (Lipinski definition) is 0. The normalized spacial score (nSPS) is 25.1. The molecular weight excluding hydrogens is 743 g/mol. The van der Waals surface area contributed by atoms with Gasteiger partial charge in [-0.25, -0.2) is 0 Å². The van der Waals surface area contributed by atoms with Gasteiger partial charge in [0, 0.05) is 32.3 Å². The highest BCUT2D eigenvalue weighted by atomic mass is 32.2. The Balaban J connectivity index is 0.944. The summed E-state index contributed by atoms with van der Waals surface area (Å²) < 4.78 is 0. The Morgan fingerprint density at radius 3 is 1.63 bits per heavy atom. The van der Waals surface area contributed by atoms with Crippen LogP contribution in [-0.2, 0) is 16.2 Å². The lowest BCUT2D eigenvalue weighted by Crippen LogP contribution is -2.57. The van der Waals surface area contributed by atoms with Crippen molar-refractivity contribution in [2.45, 2.75) is 98.7 Å². The number of anilines is 3. The summed E-state index contributed by atoms with van der Waals surface area (Å²) >= 11 is 2.01. The summed E-state index contributed by atoms with van der Waals surface area (Å²) in [5, 5.41) is 2.55. The number of hydrogen-bond acceptors (Lipinski definition) is 2. The van der Waals surface area contributed by atoms with Crippen LogP contribution in [0.15, 0.2) is 161 Å². The van der Waals surface area contributed by atoms with Crippen molar-refractivity contribution in [2.75, 3.05) is 4.90 Å². The van der Waals surface area contributed by atoms with Crippen LogP contribution in [0.2, 0.25) is 0 Å². The molecule has 2 heteroatoms. The minimum absolute atomic E-state index is 0.121. The van der Waals surface area contributed by atoms with E-state index < -0.39 is 0 Å². The predicted octanol–water partition coefficient (Wildman–Crippen LogP) is 16.2. The molecule has 4 saturated carbocycles. The van der Waals surface area contributed by atoms with Gasteiger partial charge in [0.1, 0.15) is 0 Å². The molecule has 60 heavy (non-hydrogen) atoms. The fourth-order valence-corrected chi connectivity index (χ4v) is 14.4. The lowest BCUT2D eigenvalue weighted by atomic mass is 9.42. The molecule has 0 aromatic heterocycles. The Bertz CT molecular complexity index is 2780. The largest absolute Gasteiger partial charge is 0.310 e. The highest BCUT2D eigenvalue weighted by Gasteiger charge is 2.60. The summed E-state index contributed by atoms with van der Waals surface area (Å²) in [6, 6.07) is 58.4. The summed E-state index contributed by atoms with van der Waals surface area (Å²) in [4.78, 5) is 5.46. The summed E-state index contributed by atoms with van der Waals surface area (Å²) in [5.74, 6) is 3.37. The highest BCUT2D eigenvalue weighted by molar-refractivity contribution is 7.99. The summed E-state index contributed by atoms with van der Waals surface area (Å²) in [6.45, 7) is 9.72. The van der Waals surface area contributed by atoms with Crippen molar-refractivity contribution in [2.24, 2.45) is 23.7 Å². The molecule has 6 aliphatic rings. The molecule has 5 aliphatic carbocycles. The van der Waals surface area contributed by atoms with E-state index in [0.717, 1.165) is 23.7 Å². The van der Waals surface area contributed by atoms with Crippen LogP contribution in [0.3, 0.4) is 0 Å². The van der Waals surface area contributed by atoms with Crippen molar-refractivity contribution in [3.63, 3.8) is 0 Å². The van der Waals surface area contributed by atoms with E-state index in [1.54, 1.807) is 11.1 Å². The van der Waals surface area contributed by atoms with Gasteiger partial charge >= 0.3 is 0 Å². The molecule has 298 valence electrons. The zero-order valence-corrected chi connectivity index (χ0v) is 36.4. The quantitative estimate of drug-likeness (QED) is 0.171. The zero-order valence-electron chi connectivity index (χ0n) is 35.5. The van der Waals surface area contributed by atoms with Gasteiger partial charge in [-0.2, -0.15) is 0 Å². The molecule has 4 fully saturated rings. The third kappa shape index (κ3) is 5.66. The van der Waals surface area contributed by atoms with Crippen LogP contribution in [0, 0.1) is 23.7 Å². The minimum atomic E-state index is 0.121. The second kappa shape index (κ2) is 13.5. The first kappa shape index (κ1) is 36.8. The fourth-order valence-electron chi connectivity index (χ4n) is 13.2. The molecule has 0 amide bonds. The van der Waals surface area contributed by atoms with E-state index in [1.165, 1.54) is 116 Å². The topological polar surface area (TPSA) is 3.24 Å². The van der Waals surface area contributed by atoms with E-state index in [-0.39, 0.29) is 16.2 Å². The maximum atomic E-state index is 2.63. The first-order chi connectivity index (χ1) is 29.1. The molecule has 7 aromatic rings. The second-order valence-electron chi connectivity index (χ2n) is 20.5. The molecule has 0 unspecified atom stereocenters. The predicted molar refractivity (Wildman–Crippen MR) is 253 cm³/mol. The molecule has 1 heterocycles. The van der Waals surface area contributed by atoms with Crippen molar-refractivity contribution in [3.8, 4) is 22.3 Å². The van der Waals surface area contributed by atoms with Gasteiger partial charge in [0.2, 0.25) is 0 Å². The maximum Gasteiger partial charge on any atom is 0.0464 e. The van der Waals surface area contributed by atoms with Gasteiger partial charge in [-0.15, -0.1) is 0 Å². The van der Waals surface area contributed by atoms with E-state index >= 15 is 0 Å². The Labute approximate surface area is 361 Å². The summed E-state index contributed by atoms with van der Waals surface area (Å²) in [5.41, 5.74) is 15.4. The van der Waals surface area contributed by atoms with Crippen molar-refractivity contribution < 1.29 is 0 Å². The molecular formula is C58H55NS. The highest BCUT2D eigenvalue weighted by Crippen LogP contribution is 2.69. The first-order valence-electron chi connectivity index (χ1n) is 22.7. The molecule has 7 aromatic carbocycles. The van der Waals surface area contributed by atoms with Gasteiger partial charge in [-0.3, -0.25) is 0 Å². The van der Waals surface area contributed by atoms with Crippen molar-refractivity contribution in [3.05, 3.63) is 174 Å². The lowest BCUT2D eigenvalue weighted by Gasteiger charge is -2.63. The number of rotatable bonds is 5. The SMILES string of the molecule is CC1(C)CCC(C)(C)c2cc(N(c3ccc(-c4ccc5c(c4)C4(c6ccccc6S5)C5CC6CC(C5)CC4C6)cc3)c3ccc(-c4ccc5ccccc5c4)cc3)ccc21. The Kier molecular flexibility index (Phi) is 8.26. The smallest absolute Gasteiger partial charge is 0.0464 e. The Morgan fingerprint density at radius 2 is 0.950 bits per heavy atom. The zero-order chi connectivity index (χ0) is 40.4. The standard InChI is InChI=1S/C58H55NS/c1-56(2)27-28-57(3,4)52-36-49(24-25-50(52)56)59(47-20-15-40(16-21-47)43-14-13-39-9-5-6-10-42(39)34-43)48-22-17-41(18-23-48)44-19-26-55-53(35-44)58(51-11-7-8-12-54(51)60-55)45-30-37-29-38(32-45)33-46(58)31-37/h5-26,34-38,45-46H,27-33H2,1-4H3. The third-order valence-corrected chi connectivity index (χ3v) is 17.3. The van der Waals surface area contributed by atoms with Gasteiger partial charge in [0.05, 0.1) is 0 Å². The number of benzene rings is 7. The average Bonchev–Trinajstić information content (AvgIpc) is 3.27. The van der Waals surface area contributed by atoms with E-state index in [1.807, 2.05) is 11.8 Å². The van der Waals surface area contributed by atoms with Gasteiger partial charge in [0.25, 0.3) is 0 Å². The van der Waals surface area contributed by atoms with E-state index in [2.05, 4.69) is 184 Å². The van der Waals surface area contributed by atoms with Crippen molar-refractivity contribution in [1.29, 1.82) is 0 Å². The van der Waals surface area contributed by atoms with Crippen molar-refractivity contribution in [1.82, 2.24) is 0 Å².